The quantitative estimate of drug-likeness (QED) is 0.292. The second kappa shape index (κ2) is 13.6. The van der Waals surface area contributed by atoms with Crippen LogP contribution in [0.15, 0.2) is 41.5 Å². The van der Waals surface area contributed by atoms with E-state index < -0.39 is 30.5 Å². The smallest absolute Gasteiger partial charge is 0.405 e. The number of fused-ring (bicyclic) bond motifs is 2. The Morgan fingerprint density at radius 2 is 1.78 bits per heavy atom. The van der Waals surface area contributed by atoms with E-state index in [2.05, 4.69) is 5.32 Å². The van der Waals surface area contributed by atoms with Crippen molar-refractivity contribution in [2.24, 2.45) is 23.5 Å². The predicted octanol–water partition coefficient (Wildman–Crippen LogP) is 4.07. The van der Waals surface area contributed by atoms with Crippen LogP contribution in [0.2, 0.25) is 0 Å². The van der Waals surface area contributed by atoms with Gasteiger partial charge in [-0.3, -0.25) is 4.79 Å². The highest BCUT2D eigenvalue weighted by Gasteiger charge is 2.30. The summed E-state index contributed by atoms with van der Waals surface area (Å²) in [5.41, 5.74) is 14.2. The fourth-order valence-corrected chi connectivity index (χ4v) is 4.88. The number of amides is 2. The van der Waals surface area contributed by atoms with Gasteiger partial charge in [-0.05, 0) is 74.3 Å². The van der Waals surface area contributed by atoms with Crippen molar-refractivity contribution in [3.05, 3.63) is 47.1 Å². The van der Waals surface area contributed by atoms with Crippen LogP contribution in [0.1, 0.15) is 65.5 Å². The van der Waals surface area contributed by atoms with Gasteiger partial charge in [0.1, 0.15) is 6.10 Å². The molecule has 1 aliphatic rings. The number of aliphatic hydroxyl groups excluding tert-OH is 2. The van der Waals surface area contributed by atoms with Crippen molar-refractivity contribution in [3.63, 3.8) is 0 Å². The summed E-state index contributed by atoms with van der Waals surface area (Å²) in [6.07, 6.45) is 1.49. The first-order chi connectivity index (χ1) is 17.3. The summed E-state index contributed by atoms with van der Waals surface area (Å²) in [5.74, 6) is -0.989. The molecular formula is C28H43N3O6. The third-order valence-corrected chi connectivity index (χ3v) is 7.11. The number of allylic oxidation sites excluding steroid dienone is 1. The van der Waals surface area contributed by atoms with Gasteiger partial charge in [0.05, 0.1) is 18.3 Å². The van der Waals surface area contributed by atoms with Crippen LogP contribution in [0, 0.1) is 17.8 Å². The summed E-state index contributed by atoms with van der Waals surface area (Å²) in [6.45, 7) is 9.25. The van der Waals surface area contributed by atoms with Crippen LogP contribution in [0.5, 0.6) is 0 Å². The van der Waals surface area contributed by atoms with Gasteiger partial charge in [0.25, 0.3) is 5.91 Å². The second-order valence-corrected chi connectivity index (χ2v) is 10.3. The lowest BCUT2D eigenvalue weighted by molar-refractivity contribution is -0.112. The lowest BCUT2D eigenvalue weighted by Gasteiger charge is -2.30. The molecule has 1 heterocycles. The van der Waals surface area contributed by atoms with E-state index >= 15 is 0 Å². The Bertz CT molecular complexity index is 1010. The molecule has 0 unspecified atom stereocenters. The molecule has 9 nitrogen and oxygen atoms in total. The number of ether oxygens (including phenoxy) is 2. The van der Waals surface area contributed by atoms with Crippen LogP contribution >= 0.6 is 0 Å². The van der Waals surface area contributed by atoms with Gasteiger partial charge < -0.3 is 36.5 Å². The molecule has 2 rings (SSSR count). The summed E-state index contributed by atoms with van der Waals surface area (Å²) in [5, 5.41) is 25.0. The van der Waals surface area contributed by atoms with Crippen molar-refractivity contribution >= 4 is 23.4 Å². The summed E-state index contributed by atoms with van der Waals surface area (Å²) >= 11 is 0. The van der Waals surface area contributed by atoms with Crippen molar-refractivity contribution in [2.75, 3.05) is 18.2 Å². The molecule has 0 saturated carbocycles. The third kappa shape index (κ3) is 8.59. The van der Waals surface area contributed by atoms with Crippen molar-refractivity contribution in [1.82, 2.24) is 0 Å². The number of hydrogen-bond donors (Lipinski definition) is 5. The fourth-order valence-electron chi connectivity index (χ4n) is 4.88. The Kier molecular flexibility index (Phi) is 11.2. The fraction of sp³-hybridized carbons (Fsp3) is 0.571. The van der Waals surface area contributed by atoms with Crippen molar-refractivity contribution < 1.29 is 29.3 Å². The van der Waals surface area contributed by atoms with Gasteiger partial charge in [-0.15, -0.1) is 0 Å². The Hall–Kier alpha value is -2.88. The van der Waals surface area contributed by atoms with Gasteiger partial charge in [0.15, 0.2) is 0 Å². The molecule has 9 heteroatoms. The van der Waals surface area contributed by atoms with E-state index in [0.717, 1.165) is 5.57 Å². The molecule has 1 aliphatic heterocycles. The van der Waals surface area contributed by atoms with Gasteiger partial charge in [-0.2, -0.15) is 0 Å². The number of carbonyl (C=O) groups is 2. The normalized spacial score (nSPS) is 33.4. The molecule has 1 aromatic rings. The highest BCUT2D eigenvalue weighted by atomic mass is 16.6. The molecule has 0 aromatic heterocycles. The van der Waals surface area contributed by atoms with Crippen LogP contribution < -0.4 is 16.8 Å². The molecule has 0 aliphatic carbocycles. The SMILES string of the molecule is CO[C@H]1C[C@H](C)[C@@H](O)c2cc(N)cc(c2)NC(=O)/C(C)=C/CC[C@H](C)[C@@H](OC(N)=O)/C(C)=C/[C@H](C)[C@H]1O. The standard InChI is InChI=1S/C28H43N3O6/c1-15-8-7-9-16(2)27(34)31-22-13-20(12-21(29)14-22)24(32)18(4)11-23(36-6)25(33)17(3)10-19(5)26(15)37-28(30)35/h9-10,12-15,17-18,23-26,32-33H,7-8,11,29H2,1-6H3,(H2,30,35)(H,31,34)/b16-9+,19-10+/t15-,17-,18-,23-,24+,25+,26+/m0/s1. The second-order valence-electron chi connectivity index (χ2n) is 10.3. The lowest BCUT2D eigenvalue weighted by atomic mass is 9.86. The van der Waals surface area contributed by atoms with Crippen LogP contribution in [0.4, 0.5) is 16.2 Å². The topological polar surface area (TPSA) is 157 Å². The number of hydrogen-bond acceptors (Lipinski definition) is 7. The van der Waals surface area contributed by atoms with Gasteiger partial charge in [0.2, 0.25) is 0 Å². The average Bonchev–Trinajstić information content (AvgIpc) is 2.83. The zero-order chi connectivity index (χ0) is 27.9. The zero-order valence-corrected chi connectivity index (χ0v) is 22.7. The van der Waals surface area contributed by atoms with Gasteiger partial charge in [0, 0.05) is 30.0 Å². The molecule has 37 heavy (non-hydrogen) atoms. The number of anilines is 2. The van der Waals surface area contributed by atoms with Crippen molar-refractivity contribution in [2.45, 2.75) is 78.3 Å². The summed E-state index contributed by atoms with van der Waals surface area (Å²) in [7, 11) is 1.52. The number of primary amides is 1. The van der Waals surface area contributed by atoms with Gasteiger partial charge >= 0.3 is 6.09 Å². The first-order valence-corrected chi connectivity index (χ1v) is 12.8. The van der Waals surface area contributed by atoms with Crippen molar-refractivity contribution in [1.29, 1.82) is 0 Å². The zero-order valence-electron chi connectivity index (χ0n) is 22.7. The van der Waals surface area contributed by atoms with E-state index in [1.54, 1.807) is 25.1 Å². The number of aliphatic hydroxyl groups is 2. The number of nitrogens with two attached hydrogens (primary N) is 2. The van der Waals surface area contributed by atoms with E-state index in [9.17, 15) is 19.8 Å². The Morgan fingerprint density at radius 1 is 1.11 bits per heavy atom. The lowest BCUT2D eigenvalue weighted by Crippen LogP contribution is -2.36. The number of rotatable bonds is 2. The number of methoxy groups -OCH3 is 1. The summed E-state index contributed by atoms with van der Waals surface area (Å²) in [4.78, 5) is 24.4. The average molecular weight is 518 g/mol. The summed E-state index contributed by atoms with van der Waals surface area (Å²) < 4.78 is 11.1. The van der Waals surface area contributed by atoms with E-state index in [4.69, 9.17) is 20.9 Å². The minimum Gasteiger partial charge on any atom is -0.442 e. The number of nitrogens with one attached hydrogen (secondary N) is 1. The van der Waals surface area contributed by atoms with E-state index in [0.29, 0.717) is 41.8 Å². The monoisotopic (exact) mass is 517 g/mol. The maximum atomic E-state index is 12.8. The van der Waals surface area contributed by atoms with Crippen LogP contribution in [0.25, 0.3) is 0 Å². The maximum absolute atomic E-state index is 12.8. The van der Waals surface area contributed by atoms with Gasteiger partial charge in [-0.25, -0.2) is 4.79 Å². The largest absolute Gasteiger partial charge is 0.442 e. The Balaban J connectivity index is 2.48. The molecule has 7 N–H and O–H groups in total. The molecule has 2 amide bonds. The first-order valence-electron chi connectivity index (χ1n) is 12.8. The van der Waals surface area contributed by atoms with E-state index in [-0.39, 0.29) is 23.7 Å². The Morgan fingerprint density at radius 3 is 2.41 bits per heavy atom. The highest BCUT2D eigenvalue weighted by Crippen LogP contribution is 2.32. The molecule has 0 saturated heterocycles. The van der Waals surface area contributed by atoms with Crippen molar-refractivity contribution in [3.8, 4) is 0 Å². The number of benzene rings is 1. The van der Waals surface area contributed by atoms with E-state index in [1.165, 1.54) is 7.11 Å². The summed E-state index contributed by atoms with van der Waals surface area (Å²) in [6, 6.07) is 5.02. The van der Waals surface area contributed by atoms with Crippen LogP contribution in [0.3, 0.4) is 0 Å². The maximum Gasteiger partial charge on any atom is 0.405 e. The molecule has 206 valence electrons. The minimum atomic E-state index is -0.899. The molecule has 0 radical (unpaired) electrons. The molecule has 0 spiro atoms. The first kappa shape index (κ1) is 30.3. The molecule has 0 fully saturated rings. The molecule has 7 atom stereocenters. The Labute approximate surface area is 219 Å². The molecular weight excluding hydrogens is 474 g/mol. The molecule has 1 aromatic carbocycles. The van der Waals surface area contributed by atoms with Crippen LogP contribution in [-0.2, 0) is 14.3 Å². The predicted molar refractivity (Wildman–Crippen MR) is 145 cm³/mol. The van der Waals surface area contributed by atoms with Gasteiger partial charge in [-0.1, -0.05) is 32.9 Å². The van der Waals surface area contributed by atoms with Crippen LogP contribution in [-0.4, -0.2) is 47.6 Å². The minimum absolute atomic E-state index is 0.0906. The van der Waals surface area contributed by atoms with E-state index in [1.807, 2.05) is 39.8 Å². The molecule has 2 bridgehead atoms. The third-order valence-electron chi connectivity index (χ3n) is 7.11. The number of nitrogen functional groups attached to an aromatic ring is 1. The highest BCUT2D eigenvalue weighted by molar-refractivity contribution is 6.03. The number of carbonyl (C=O) groups excluding carboxylic acids is 2.